The Hall–Kier alpha value is -1.10. The Morgan fingerprint density at radius 3 is 2.43 bits per heavy atom. The topological polar surface area (TPSA) is 58.6 Å². The van der Waals surface area contributed by atoms with Gasteiger partial charge in [0, 0.05) is 13.2 Å². The highest BCUT2D eigenvalue weighted by Gasteiger charge is 2.55. The van der Waals surface area contributed by atoms with Crippen LogP contribution in [-0.2, 0) is 14.3 Å². The molecule has 2 rings (SSSR count). The molecule has 2 fully saturated rings. The van der Waals surface area contributed by atoms with E-state index in [1.807, 2.05) is 32.6 Å². The van der Waals surface area contributed by atoms with Crippen LogP contribution in [0.5, 0.6) is 0 Å². The van der Waals surface area contributed by atoms with Gasteiger partial charge in [0.05, 0.1) is 6.61 Å². The summed E-state index contributed by atoms with van der Waals surface area (Å²) in [6.45, 7) is 9.54. The molecule has 1 atom stereocenters. The van der Waals surface area contributed by atoms with Gasteiger partial charge in [-0.2, -0.15) is 0 Å². The zero-order valence-corrected chi connectivity index (χ0v) is 13.7. The Morgan fingerprint density at radius 2 is 1.90 bits per heavy atom. The van der Waals surface area contributed by atoms with Crippen molar-refractivity contribution in [1.82, 2.24) is 10.2 Å². The highest BCUT2D eigenvalue weighted by molar-refractivity contribution is 6.00. The van der Waals surface area contributed by atoms with Crippen LogP contribution < -0.4 is 5.32 Å². The molecule has 1 spiro atoms. The molecule has 120 valence electrons. The van der Waals surface area contributed by atoms with Crippen molar-refractivity contribution in [2.24, 2.45) is 5.41 Å². The largest absolute Gasteiger partial charge is 0.380 e. The monoisotopic (exact) mass is 296 g/mol. The molecular weight excluding hydrogens is 268 g/mol. The van der Waals surface area contributed by atoms with E-state index in [2.05, 4.69) is 5.32 Å². The third-order valence-corrected chi connectivity index (χ3v) is 4.69. The lowest BCUT2D eigenvalue weighted by Gasteiger charge is -2.49. The van der Waals surface area contributed by atoms with Gasteiger partial charge < -0.3 is 15.0 Å². The number of nitrogens with zero attached hydrogens (tertiary/aromatic N) is 1. The number of hydrogen-bond donors (Lipinski definition) is 1. The first kappa shape index (κ1) is 16.3. The molecule has 1 aliphatic carbocycles. The average molecular weight is 296 g/mol. The Kier molecular flexibility index (Phi) is 4.61. The van der Waals surface area contributed by atoms with Crippen molar-refractivity contribution in [2.75, 3.05) is 19.8 Å². The van der Waals surface area contributed by atoms with E-state index in [4.69, 9.17) is 4.74 Å². The lowest BCUT2D eigenvalue weighted by atomic mass is 9.80. The number of amides is 2. The van der Waals surface area contributed by atoms with Gasteiger partial charge in [0.2, 0.25) is 11.8 Å². The lowest BCUT2D eigenvalue weighted by molar-refractivity contribution is -0.161. The second-order valence-corrected chi connectivity index (χ2v) is 7.20. The summed E-state index contributed by atoms with van der Waals surface area (Å²) in [5.41, 5.74) is -0.910. The molecule has 0 aromatic carbocycles. The Balaban J connectivity index is 2.26. The zero-order chi connectivity index (χ0) is 15.7. The van der Waals surface area contributed by atoms with Crippen LogP contribution in [0.1, 0.15) is 53.4 Å². The average Bonchev–Trinajstić information content (AvgIpc) is 2.87. The van der Waals surface area contributed by atoms with E-state index in [1.165, 1.54) is 0 Å². The van der Waals surface area contributed by atoms with E-state index < -0.39 is 11.6 Å². The smallest absolute Gasteiger partial charge is 0.246 e. The summed E-state index contributed by atoms with van der Waals surface area (Å²) in [6, 6.07) is -0.446. The summed E-state index contributed by atoms with van der Waals surface area (Å²) < 4.78 is 5.42. The summed E-state index contributed by atoms with van der Waals surface area (Å²) in [4.78, 5) is 27.5. The van der Waals surface area contributed by atoms with E-state index in [9.17, 15) is 9.59 Å². The molecule has 0 aromatic heterocycles. The van der Waals surface area contributed by atoms with Crippen LogP contribution in [0, 0.1) is 5.41 Å². The van der Waals surface area contributed by atoms with E-state index in [0.29, 0.717) is 19.8 Å². The van der Waals surface area contributed by atoms with Crippen LogP contribution >= 0.6 is 0 Å². The number of ether oxygens (including phenoxy) is 1. The molecule has 0 radical (unpaired) electrons. The molecule has 1 unspecified atom stereocenters. The lowest BCUT2D eigenvalue weighted by Crippen LogP contribution is -2.72. The summed E-state index contributed by atoms with van der Waals surface area (Å²) in [7, 11) is 0. The van der Waals surface area contributed by atoms with E-state index >= 15 is 0 Å². The number of carbonyl (C=O) groups is 2. The molecule has 2 aliphatic rings. The maximum absolute atomic E-state index is 12.9. The van der Waals surface area contributed by atoms with Gasteiger partial charge in [-0.15, -0.1) is 0 Å². The van der Waals surface area contributed by atoms with Crippen molar-refractivity contribution in [3.63, 3.8) is 0 Å². The summed E-state index contributed by atoms with van der Waals surface area (Å²) in [6.07, 6.45) is 3.55. The van der Waals surface area contributed by atoms with Crippen LogP contribution in [0.15, 0.2) is 0 Å². The number of rotatable bonds is 4. The molecule has 1 heterocycles. The fourth-order valence-corrected chi connectivity index (χ4v) is 3.48. The van der Waals surface area contributed by atoms with Gasteiger partial charge in [0.25, 0.3) is 0 Å². The van der Waals surface area contributed by atoms with Crippen molar-refractivity contribution in [3.05, 3.63) is 0 Å². The maximum atomic E-state index is 12.9. The van der Waals surface area contributed by atoms with Crippen molar-refractivity contribution in [1.29, 1.82) is 0 Å². The van der Waals surface area contributed by atoms with Gasteiger partial charge in [-0.05, 0) is 25.2 Å². The summed E-state index contributed by atoms with van der Waals surface area (Å²) in [5.74, 6) is 0.0692. The first-order valence-corrected chi connectivity index (χ1v) is 8.03. The third kappa shape index (κ3) is 2.93. The van der Waals surface area contributed by atoms with E-state index in [0.717, 1.165) is 25.7 Å². The second kappa shape index (κ2) is 5.95. The molecule has 5 heteroatoms. The predicted molar refractivity (Wildman–Crippen MR) is 80.8 cm³/mol. The van der Waals surface area contributed by atoms with Gasteiger partial charge >= 0.3 is 0 Å². The van der Waals surface area contributed by atoms with Gasteiger partial charge in [-0.25, -0.2) is 0 Å². The van der Waals surface area contributed by atoms with Gasteiger partial charge in [-0.1, -0.05) is 33.6 Å². The maximum Gasteiger partial charge on any atom is 0.246 e. The first-order chi connectivity index (χ1) is 9.83. The molecule has 2 amide bonds. The van der Waals surface area contributed by atoms with Crippen LogP contribution in [0.4, 0.5) is 0 Å². The SMILES string of the molecule is CCOCCN1C(=O)C(C(C)(C)C)NC(=O)C12CCCC2. The minimum Gasteiger partial charge on any atom is -0.380 e. The van der Waals surface area contributed by atoms with Crippen molar-refractivity contribution >= 4 is 11.8 Å². The van der Waals surface area contributed by atoms with Crippen LogP contribution in [0.2, 0.25) is 0 Å². The molecule has 0 bridgehead atoms. The molecule has 1 saturated heterocycles. The standard InChI is InChI=1S/C16H28N2O3/c1-5-21-11-10-18-13(19)12(15(2,3)4)17-14(20)16(18)8-6-7-9-16/h12H,5-11H2,1-4H3,(H,17,20). The predicted octanol–water partition coefficient (Wildman–Crippen LogP) is 1.71. The van der Waals surface area contributed by atoms with Crippen LogP contribution in [-0.4, -0.2) is 48.1 Å². The van der Waals surface area contributed by atoms with Gasteiger partial charge in [-0.3, -0.25) is 9.59 Å². The number of nitrogens with one attached hydrogen (secondary N) is 1. The van der Waals surface area contributed by atoms with E-state index in [-0.39, 0.29) is 17.2 Å². The van der Waals surface area contributed by atoms with Crippen LogP contribution in [0.3, 0.4) is 0 Å². The number of piperazine rings is 1. The van der Waals surface area contributed by atoms with Crippen molar-refractivity contribution in [3.8, 4) is 0 Å². The quantitative estimate of drug-likeness (QED) is 0.804. The summed E-state index contributed by atoms with van der Waals surface area (Å²) in [5, 5.41) is 2.99. The normalized spacial score (nSPS) is 25.5. The van der Waals surface area contributed by atoms with E-state index in [1.54, 1.807) is 0 Å². The van der Waals surface area contributed by atoms with Crippen molar-refractivity contribution in [2.45, 2.75) is 65.0 Å². The molecule has 1 aliphatic heterocycles. The first-order valence-electron chi connectivity index (χ1n) is 8.03. The molecular formula is C16H28N2O3. The Morgan fingerprint density at radius 1 is 1.29 bits per heavy atom. The molecule has 21 heavy (non-hydrogen) atoms. The van der Waals surface area contributed by atoms with Crippen molar-refractivity contribution < 1.29 is 14.3 Å². The highest BCUT2D eigenvalue weighted by atomic mass is 16.5. The molecule has 1 N–H and O–H groups in total. The minimum atomic E-state index is -0.629. The summed E-state index contributed by atoms with van der Waals surface area (Å²) >= 11 is 0. The van der Waals surface area contributed by atoms with Gasteiger partial charge in [0.1, 0.15) is 11.6 Å². The third-order valence-electron chi connectivity index (χ3n) is 4.69. The second-order valence-electron chi connectivity index (χ2n) is 7.20. The highest BCUT2D eigenvalue weighted by Crippen LogP contribution is 2.40. The molecule has 5 nitrogen and oxygen atoms in total. The van der Waals surface area contributed by atoms with Crippen LogP contribution in [0.25, 0.3) is 0 Å². The fraction of sp³-hybridized carbons (Fsp3) is 0.875. The Labute approximate surface area is 127 Å². The van der Waals surface area contributed by atoms with Gasteiger partial charge in [0.15, 0.2) is 0 Å². The zero-order valence-electron chi connectivity index (χ0n) is 13.7. The molecule has 0 aromatic rings. The molecule has 1 saturated carbocycles. The fourth-order valence-electron chi connectivity index (χ4n) is 3.48. The number of carbonyl (C=O) groups excluding carboxylic acids is 2. The number of hydrogen-bond acceptors (Lipinski definition) is 3. The minimum absolute atomic E-state index is 0.0241. The Bertz CT molecular complexity index is 408.